The first kappa shape index (κ1) is 19.2. The fourth-order valence-corrected chi connectivity index (χ4v) is 4.75. The summed E-state index contributed by atoms with van der Waals surface area (Å²) < 4.78 is 38.7. The smallest absolute Gasteiger partial charge is 0.354 e. The van der Waals surface area contributed by atoms with Gasteiger partial charge in [0.15, 0.2) is 5.76 Å². The molecular weight excluding hydrogens is 374 g/mol. The van der Waals surface area contributed by atoms with Crippen LogP contribution in [0.1, 0.15) is 26.7 Å². The summed E-state index contributed by atoms with van der Waals surface area (Å²) in [5.74, 6) is -0.634. The van der Waals surface area contributed by atoms with E-state index in [1.807, 2.05) is 0 Å². The van der Waals surface area contributed by atoms with E-state index in [0.717, 1.165) is 0 Å². The molecule has 2 aromatic rings. The summed E-state index contributed by atoms with van der Waals surface area (Å²) in [7, 11) is -0.940. The number of aromatic nitrogens is 1. The Morgan fingerprint density at radius 2 is 1.85 bits per heavy atom. The van der Waals surface area contributed by atoms with Gasteiger partial charge in [-0.2, -0.15) is 4.31 Å². The SMILES string of the molecule is COC(=O)c1cc(S(=O)(=O)N2CCN(C(=O)c3ccco3)CC2)c(C)n1C. The number of hydrogen-bond donors (Lipinski definition) is 0. The lowest BCUT2D eigenvalue weighted by Crippen LogP contribution is -2.50. The molecule has 3 rings (SSSR count). The van der Waals surface area contributed by atoms with Crippen LogP contribution in [0.3, 0.4) is 0 Å². The molecule has 0 atom stereocenters. The van der Waals surface area contributed by atoms with Gasteiger partial charge in [0.25, 0.3) is 5.91 Å². The van der Waals surface area contributed by atoms with Crippen LogP contribution in [-0.2, 0) is 21.8 Å². The maximum Gasteiger partial charge on any atom is 0.354 e. The molecule has 3 heterocycles. The highest BCUT2D eigenvalue weighted by molar-refractivity contribution is 7.89. The second-order valence-corrected chi connectivity index (χ2v) is 8.11. The van der Waals surface area contributed by atoms with Gasteiger partial charge in [-0.05, 0) is 25.1 Å². The number of furan rings is 1. The topological polar surface area (TPSA) is 102 Å². The molecule has 1 aliphatic heterocycles. The van der Waals surface area contributed by atoms with E-state index in [1.165, 1.54) is 28.3 Å². The predicted molar refractivity (Wildman–Crippen MR) is 94.9 cm³/mol. The summed E-state index contributed by atoms with van der Waals surface area (Å²) in [6.07, 6.45) is 1.42. The van der Waals surface area contributed by atoms with Crippen LogP contribution in [0.15, 0.2) is 33.8 Å². The molecule has 0 N–H and O–H groups in total. The number of piperazine rings is 1. The standard InChI is InChI=1S/C17H21N3O6S/c1-12-15(11-13(18(12)2)17(22)25-3)27(23,24)20-8-6-19(7-9-20)16(21)14-5-4-10-26-14/h4-5,10-11H,6-9H2,1-3H3. The number of hydrogen-bond acceptors (Lipinski definition) is 6. The van der Waals surface area contributed by atoms with E-state index >= 15 is 0 Å². The molecule has 9 nitrogen and oxygen atoms in total. The van der Waals surface area contributed by atoms with Crippen molar-refractivity contribution in [1.82, 2.24) is 13.8 Å². The fourth-order valence-electron chi connectivity index (χ4n) is 3.06. The minimum atomic E-state index is -3.80. The van der Waals surface area contributed by atoms with Gasteiger partial charge in [0.2, 0.25) is 10.0 Å². The largest absolute Gasteiger partial charge is 0.464 e. The molecule has 0 unspecified atom stereocenters. The van der Waals surface area contributed by atoms with Gasteiger partial charge in [0.05, 0.1) is 13.4 Å². The molecule has 0 saturated carbocycles. The van der Waals surface area contributed by atoms with Gasteiger partial charge in [-0.15, -0.1) is 0 Å². The lowest BCUT2D eigenvalue weighted by atomic mass is 10.3. The van der Waals surface area contributed by atoms with Gasteiger partial charge in [-0.25, -0.2) is 13.2 Å². The molecule has 0 aliphatic carbocycles. The molecular formula is C17H21N3O6S. The lowest BCUT2D eigenvalue weighted by molar-refractivity contribution is 0.0589. The Morgan fingerprint density at radius 1 is 1.19 bits per heavy atom. The summed E-state index contributed by atoms with van der Waals surface area (Å²) in [5.41, 5.74) is 0.615. The van der Waals surface area contributed by atoms with Crippen molar-refractivity contribution in [2.45, 2.75) is 11.8 Å². The zero-order chi connectivity index (χ0) is 19.8. The summed E-state index contributed by atoms with van der Waals surface area (Å²) >= 11 is 0. The molecule has 0 aromatic carbocycles. The number of amides is 1. The maximum absolute atomic E-state index is 13.0. The van der Waals surface area contributed by atoms with E-state index in [4.69, 9.17) is 9.15 Å². The minimum absolute atomic E-state index is 0.0659. The third-order valence-corrected chi connectivity index (χ3v) is 6.77. The van der Waals surface area contributed by atoms with Crippen LogP contribution in [-0.4, -0.2) is 67.4 Å². The average molecular weight is 395 g/mol. The third kappa shape index (κ3) is 3.37. The Labute approximate surface area is 157 Å². The number of sulfonamides is 1. The number of nitrogens with zero attached hydrogens (tertiary/aromatic N) is 3. The first-order chi connectivity index (χ1) is 12.8. The highest BCUT2D eigenvalue weighted by Gasteiger charge is 2.34. The monoisotopic (exact) mass is 395 g/mol. The number of rotatable bonds is 4. The van der Waals surface area contributed by atoms with Crippen LogP contribution in [0, 0.1) is 6.92 Å². The Morgan fingerprint density at radius 3 is 2.41 bits per heavy atom. The average Bonchev–Trinajstić information content (AvgIpc) is 3.30. The van der Waals surface area contributed by atoms with Gasteiger partial charge in [-0.3, -0.25) is 4.79 Å². The number of methoxy groups -OCH3 is 1. The highest BCUT2D eigenvalue weighted by atomic mass is 32.2. The van der Waals surface area contributed by atoms with Crippen molar-refractivity contribution in [3.05, 3.63) is 41.6 Å². The number of carbonyl (C=O) groups is 2. The zero-order valence-corrected chi connectivity index (χ0v) is 16.2. The number of carbonyl (C=O) groups excluding carboxylic acids is 2. The van der Waals surface area contributed by atoms with Crippen LogP contribution in [0.4, 0.5) is 0 Å². The van der Waals surface area contributed by atoms with Gasteiger partial charge < -0.3 is 18.6 Å². The normalized spacial score (nSPS) is 15.7. The Kier molecular flexibility index (Phi) is 5.11. The van der Waals surface area contributed by atoms with Crippen molar-refractivity contribution in [3.63, 3.8) is 0 Å². The zero-order valence-electron chi connectivity index (χ0n) is 15.3. The van der Waals surface area contributed by atoms with E-state index in [9.17, 15) is 18.0 Å². The number of ether oxygens (including phenoxy) is 1. The van der Waals surface area contributed by atoms with E-state index in [-0.39, 0.29) is 48.4 Å². The van der Waals surface area contributed by atoms with Gasteiger partial charge in [0, 0.05) is 38.9 Å². The number of esters is 1. The summed E-state index contributed by atoms with van der Waals surface area (Å²) in [4.78, 5) is 25.8. The molecule has 146 valence electrons. The highest BCUT2D eigenvalue weighted by Crippen LogP contribution is 2.25. The van der Waals surface area contributed by atoms with E-state index in [2.05, 4.69) is 0 Å². The first-order valence-corrected chi connectivity index (χ1v) is 9.79. The molecule has 1 aliphatic rings. The molecule has 0 radical (unpaired) electrons. The molecule has 27 heavy (non-hydrogen) atoms. The molecule has 0 bridgehead atoms. The second kappa shape index (κ2) is 7.20. The van der Waals surface area contributed by atoms with Gasteiger partial charge in [0.1, 0.15) is 10.6 Å². The quantitative estimate of drug-likeness (QED) is 0.712. The summed E-state index contributed by atoms with van der Waals surface area (Å²) in [6, 6.07) is 4.54. The maximum atomic E-state index is 13.0. The Balaban J connectivity index is 1.78. The third-order valence-electron chi connectivity index (χ3n) is 4.76. The second-order valence-electron chi connectivity index (χ2n) is 6.20. The van der Waals surface area contributed by atoms with Crippen molar-refractivity contribution in [2.75, 3.05) is 33.3 Å². The molecule has 0 spiro atoms. The van der Waals surface area contributed by atoms with Gasteiger partial charge >= 0.3 is 5.97 Å². The summed E-state index contributed by atoms with van der Waals surface area (Å²) in [5, 5.41) is 0. The predicted octanol–water partition coefficient (Wildman–Crippen LogP) is 0.860. The van der Waals surface area contributed by atoms with Crippen LogP contribution in [0.25, 0.3) is 0 Å². The van der Waals surface area contributed by atoms with Gasteiger partial charge in [-0.1, -0.05) is 0 Å². The van der Waals surface area contributed by atoms with Crippen molar-refractivity contribution in [3.8, 4) is 0 Å². The van der Waals surface area contributed by atoms with Crippen LogP contribution in [0.2, 0.25) is 0 Å². The van der Waals surface area contributed by atoms with Crippen LogP contribution >= 0.6 is 0 Å². The first-order valence-electron chi connectivity index (χ1n) is 8.35. The molecule has 1 amide bonds. The minimum Gasteiger partial charge on any atom is -0.464 e. The summed E-state index contributed by atoms with van der Waals surface area (Å²) in [6.45, 7) is 2.48. The van der Waals surface area contributed by atoms with Crippen molar-refractivity contribution < 1.29 is 27.2 Å². The van der Waals surface area contributed by atoms with E-state index in [0.29, 0.717) is 5.69 Å². The molecule has 1 saturated heterocycles. The van der Waals surface area contributed by atoms with Crippen molar-refractivity contribution in [2.24, 2.45) is 7.05 Å². The Hall–Kier alpha value is -2.59. The van der Waals surface area contributed by atoms with E-state index < -0.39 is 16.0 Å². The van der Waals surface area contributed by atoms with Crippen molar-refractivity contribution >= 4 is 21.9 Å². The Bertz CT molecular complexity index is 953. The van der Waals surface area contributed by atoms with Crippen LogP contribution < -0.4 is 0 Å². The van der Waals surface area contributed by atoms with E-state index in [1.54, 1.807) is 31.0 Å². The molecule has 1 fully saturated rings. The lowest BCUT2D eigenvalue weighted by Gasteiger charge is -2.33. The fraction of sp³-hybridized carbons (Fsp3) is 0.412. The van der Waals surface area contributed by atoms with Crippen LogP contribution in [0.5, 0.6) is 0 Å². The molecule has 10 heteroatoms. The van der Waals surface area contributed by atoms with Crippen molar-refractivity contribution in [1.29, 1.82) is 0 Å². The molecule has 2 aromatic heterocycles.